The number of amides is 1. The van der Waals surface area contributed by atoms with Crippen LogP contribution in [-0.4, -0.2) is 41.9 Å². The number of alkyl halides is 6. The van der Waals surface area contributed by atoms with Crippen LogP contribution >= 0.6 is 0 Å². The van der Waals surface area contributed by atoms with E-state index in [9.17, 15) is 35.5 Å². The van der Waals surface area contributed by atoms with Crippen LogP contribution in [0.3, 0.4) is 0 Å². The van der Waals surface area contributed by atoms with Gasteiger partial charge in [0.05, 0.1) is 11.1 Å². The first-order valence-corrected chi connectivity index (χ1v) is 13.3. The van der Waals surface area contributed by atoms with E-state index in [1.54, 1.807) is 17.0 Å². The molecule has 3 aromatic carbocycles. The Labute approximate surface area is 234 Å². The van der Waals surface area contributed by atoms with Crippen LogP contribution in [0.25, 0.3) is 0 Å². The molecule has 1 saturated heterocycles. The molecule has 3 nitrogen and oxygen atoms in total. The maximum atomic E-state index is 13.5. The zero-order valence-electron chi connectivity index (χ0n) is 22.6. The van der Waals surface area contributed by atoms with E-state index in [0.717, 1.165) is 24.3 Å². The Bertz CT molecular complexity index is 1340. The number of halogens is 7. The maximum Gasteiger partial charge on any atom is 0.416 e. The van der Waals surface area contributed by atoms with Gasteiger partial charge in [-0.15, -0.1) is 0 Å². The molecule has 0 saturated carbocycles. The highest BCUT2D eigenvalue weighted by molar-refractivity contribution is 5.94. The van der Waals surface area contributed by atoms with Crippen LogP contribution < -0.4 is 0 Å². The minimum absolute atomic E-state index is 0.0778. The molecule has 220 valence electrons. The summed E-state index contributed by atoms with van der Waals surface area (Å²) in [4.78, 5) is 17.0. The zero-order valence-corrected chi connectivity index (χ0v) is 22.6. The van der Waals surface area contributed by atoms with E-state index in [0.29, 0.717) is 36.3 Å². The summed E-state index contributed by atoms with van der Waals surface area (Å²) in [5, 5.41) is 0. The van der Waals surface area contributed by atoms with Crippen LogP contribution in [0.4, 0.5) is 30.7 Å². The Kier molecular flexibility index (Phi) is 9.11. The lowest BCUT2D eigenvalue weighted by atomic mass is 9.87. The highest BCUT2D eigenvalue weighted by atomic mass is 19.4. The third-order valence-corrected chi connectivity index (χ3v) is 7.24. The molecule has 1 fully saturated rings. The third kappa shape index (κ3) is 7.87. The largest absolute Gasteiger partial charge is 0.416 e. The van der Waals surface area contributed by atoms with Crippen LogP contribution in [0.5, 0.6) is 0 Å². The summed E-state index contributed by atoms with van der Waals surface area (Å²) in [6.45, 7) is 5.30. The van der Waals surface area contributed by atoms with Gasteiger partial charge in [0.25, 0.3) is 5.91 Å². The van der Waals surface area contributed by atoms with Crippen molar-refractivity contribution in [2.24, 2.45) is 11.8 Å². The second-order valence-corrected chi connectivity index (χ2v) is 11.0. The normalized spacial score (nSPS) is 18.2. The van der Waals surface area contributed by atoms with Crippen LogP contribution in [0.2, 0.25) is 0 Å². The Balaban J connectivity index is 1.64. The van der Waals surface area contributed by atoms with Gasteiger partial charge in [0, 0.05) is 44.2 Å². The predicted molar refractivity (Wildman–Crippen MR) is 142 cm³/mol. The van der Waals surface area contributed by atoms with E-state index >= 15 is 0 Å². The fourth-order valence-corrected chi connectivity index (χ4v) is 5.44. The van der Waals surface area contributed by atoms with Crippen LogP contribution in [0.15, 0.2) is 72.8 Å². The van der Waals surface area contributed by atoms with E-state index in [2.05, 4.69) is 0 Å². The second kappa shape index (κ2) is 12.2. The summed E-state index contributed by atoms with van der Waals surface area (Å²) in [7, 11) is 0. The van der Waals surface area contributed by atoms with Gasteiger partial charge in [-0.3, -0.25) is 9.69 Å². The molecule has 0 aromatic heterocycles. The third-order valence-electron chi connectivity index (χ3n) is 7.24. The van der Waals surface area contributed by atoms with E-state index in [-0.39, 0.29) is 30.8 Å². The molecule has 2 atom stereocenters. The minimum Gasteiger partial charge on any atom is -0.338 e. The number of likely N-dealkylation sites (tertiary alicyclic amines) is 1. The number of carbonyl (C=O) groups excluding carboxylic acids is 1. The molecule has 10 heteroatoms. The highest BCUT2D eigenvalue weighted by Crippen LogP contribution is 2.38. The summed E-state index contributed by atoms with van der Waals surface area (Å²) >= 11 is 0. The quantitative estimate of drug-likeness (QED) is 0.253. The molecule has 0 radical (unpaired) electrons. The number of benzene rings is 3. The van der Waals surface area contributed by atoms with Crippen LogP contribution in [0, 0.1) is 17.7 Å². The summed E-state index contributed by atoms with van der Waals surface area (Å²) < 4.78 is 94.0. The Morgan fingerprint density at radius 1 is 0.878 bits per heavy atom. The molecule has 0 spiro atoms. The molecule has 4 rings (SSSR count). The monoisotopic (exact) mass is 580 g/mol. The van der Waals surface area contributed by atoms with Crippen molar-refractivity contribution in [3.05, 3.63) is 106 Å². The maximum absolute atomic E-state index is 13.5. The molecule has 0 bridgehead atoms. The summed E-state index contributed by atoms with van der Waals surface area (Å²) in [6.07, 6.45) is -9.04. The lowest BCUT2D eigenvalue weighted by Gasteiger charge is -2.30. The molecule has 0 unspecified atom stereocenters. The van der Waals surface area contributed by atoms with Crippen molar-refractivity contribution in [3.63, 3.8) is 0 Å². The molecular weight excluding hydrogens is 549 g/mol. The second-order valence-electron chi connectivity index (χ2n) is 11.0. The Morgan fingerprint density at radius 2 is 1.49 bits per heavy atom. The summed E-state index contributed by atoms with van der Waals surface area (Å²) in [5.41, 5.74) is -0.374. The van der Waals surface area contributed by atoms with Crippen molar-refractivity contribution in [3.8, 4) is 0 Å². The van der Waals surface area contributed by atoms with E-state index in [1.165, 1.54) is 36.4 Å². The Hall–Kier alpha value is -3.40. The van der Waals surface area contributed by atoms with Crippen molar-refractivity contribution in [2.45, 2.75) is 38.7 Å². The fourth-order valence-electron chi connectivity index (χ4n) is 5.44. The number of hydrogen-bond acceptors (Lipinski definition) is 2. The van der Waals surface area contributed by atoms with Crippen molar-refractivity contribution in [2.75, 3.05) is 26.2 Å². The molecule has 1 aliphatic rings. The number of carbonyl (C=O) groups is 1. The molecule has 0 aliphatic carbocycles. The molecule has 1 amide bonds. The van der Waals surface area contributed by atoms with E-state index in [4.69, 9.17) is 0 Å². The molecule has 0 N–H and O–H groups in total. The fraction of sp³-hybridized carbons (Fsp3) is 0.387. The SMILES string of the molecule is CC(C)CN(C[C@H]1CN(Cc2cccc(C(F)(F)F)c2)C[C@H]1c1cccc(C(F)(F)F)c1)C(=O)c1ccc(F)cc1. The standard InChI is InChI=1S/C31H31F7N2O/c1-20(2)15-40(29(41)22-9-11-27(32)12-10-22)18-24-17-39(16-21-5-3-7-25(13-21)30(33,34)35)19-28(24)23-6-4-8-26(14-23)31(36,37)38/h3-14,20,24,28H,15-19H2,1-2H3/t24-,28+/m1/s1. The van der Waals surface area contributed by atoms with Crippen molar-refractivity contribution < 1.29 is 35.5 Å². The van der Waals surface area contributed by atoms with Gasteiger partial charge < -0.3 is 4.90 Å². The highest BCUT2D eigenvalue weighted by Gasteiger charge is 2.38. The molecule has 41 heavy (non-hydrogen) atoms. The van der Waals surface area contributed by atoms with Crippen molar-refractivity contribution in [1.29, 1.82) is 0 Å². The predicted octanol–water partition coefficient (Wildman–Crippen LogP) is 7.88. The van der Waals surface area contributed by atoms with Crippen molar-refractivity contribution in [1.82, 2.24) is 9.80 Å². The average molecular weight is 581 g/mol. The lowest BCUT2D eigenvalue weighted by Crippen LogP contribution is -2.39. The summed E-state index contributed by atoms with van der Waals surface area (Å²) in [6, 6.07) is 15.2. The molecule has 1 heterocycles. The minimum atomic E-state index is -4.54. The van der Waals surface area contributed by atoms with Gasteiger partial charge in [-0.1, -0.05) is 50.2 Å². The molecule has 1 aliphatic heterocycles. The van der Waals surface area contributed by atoms with Gasteiger partial charge in [-0.2, -0.15) is 26.3 Å². The van der Waals surface area contributed by atoms with Gasteiger partial charge in [-0.25, -0.2) is 4.39 Å². The zero-order chi connectivity index (χ0) is 29.9. The topological polar surface area (TPSA) is 23.6 Å². The van der Waals surface area contributed by atoms with Gasteiger partial charge >= 0.3 is 12.4 Å². The Morgan fingerprint density at radius 3 is 2.10 bits per heavy atom. The van der Waals surface area contributed by atoms with Crippen LogP contribution in [0.1, 0.15) is 52.4 Å². The van der Waals surface area contributed by atoms with E-state index < -0.39 is 35.2 Å². The first kappa shape index (κ1) is 30.6. The molecule has 3 aromatic rings. The van der Waals surface area contributed by atoms with Gasteiger partial charge in [-0.05, 0) is 59.4 Å². The van der Waals surface area contributed by atoms with Gasteiger partial charge in [0.15, 0.2) is 0 Å². The number of rotatable bonds is 8. The number of hydrogen-bond donors (Lipinski definition) is 0. The van der Waals surface area contributed by atoms with Crippen LogP contribution in [-0.2, 0) is 18.9 Å². The van der Waals surface area contributed by atoms with Gasteiger partial charge in [0.1, 0.15) is 5.82 Å². The summed E-state index contributed by atoms with van der Waals surface area (Å²) in [5.74, 6) is -1.43. The first-order chi connectivity index (χ1) is 19.2. The lowest BCUT2D eigenvalue weighted by molar-refractivity contribution is -0.138. The van der Waals surface area contributed by atoms with E-state index in [1.807, 2.05) is 18.7 Å². The number of nitrogens with zero attached hydrogens (tertiary/aromatic N) is 2. The van der Waals surface area contributed by atoms with Gasteiger partial charge in [0.2, 0.25) is 0 Å². The smallest absolute Gasteiger partial charge is 0.338 e. The van der Waals surface area contributed by atoms with Crippen molar-refractivity contribution >= 4 is 5.91 Å². The average Bonchev–Trinajstić information content (AvgIpc) is 3.29. The molecular formula is C31H31F7N2O. The first-order valence-electron chi connectivity index (χ1n) is 13.3.